The number of rotatable bonds is 3. The van der Waals surface area contributed by atoms with E-state index >= 15 is 0 Å². The number of ketones is 1. The average Bonchev–Trinajstić information content (AvgIpc) is 2.78. The number of benzene rings is 3. The van der Waals surface area contributed by atoms with Crippen molar-refractivity contribution in [3.8, 4) is 0 Å². The van der Waals surface area contributed by atoms with E-state index in [9.17, 15) is 26.8 Å². The molecule has 9 heteroatoms. The molecule has 0 aliphatic carbocycles. The first-order chi connectivity index (χ1) is 15.7. The van der Waals surface area contributed by atoms with Crippen molar-refractivity contribution in [2.75, 3.05) is 10.2 Å². The standard InChI is InChI=1S/C24H16F2N2O4S/c25-15-7-5-14(6-8-15)12-28-20-10-9-16(26)11-17(20)23(29)22(24(28)30)19-13-33(31,32)21-4-2-1-3-18(21)27-19/h1-11,13,22,27H,12H2. The van der Waals surface area contributed by atoms with Gasteiger partial charge in [-0.15, -0.1) is 0 Å². The van der Waals surface area contributed by atoms with E-state index in [4.69, 9.17) is 0 Å². The number of amides is 1. The number of sulfone groups is 1. The maximum Gasteiger partial charge on any atom is 0.244 e. The summed E-state index contributed by atoms with van der Waals surface area (Å²) in [6.07, 6.45) is 0. The molecular formula is C24H16F2N2O4S. The van der Waals surface area contributed by atoms with Gasteiger partial charge >= 0.3 is 0 Å². The molecule has 6 nitrogen and oxygen atoms in total. The van der Waals surface area contributed by atoms with Gasteiger partial charge in [-0.25, -0.2) is 17.2 Å². The Balaban J connectivity index is 1.62. The molecule has 2 heterocycles. The number of para-hydroxylation sites is 1. The third kappa shape index (κ3) is 3.60. The van der Waals surface area contributed by atoms with Gasteiger partial charge < -0.3 is 10.2 Å². The Morgan fingerprint density at radius 2 is 1.61 bits per heavy atom. The molecule has 0 aromatic heterocycles. The molecule has 0 spiro atoms. The summed E-state index contributed by atoms with van der Waals surface area (Å²) in [5.41, 5.74) is 0.873. The van der Waals surface area contributed by atoms with E-state index in [1.807, 2.05) is 0 Å². The minimum absolute atomic E-state index is 0.0157. The highest BCUT2D eigenvalue weighted by molar-refractivity contribution is 7.94. The summed E-state index contributed by atoms with van der Waals surface area (Å²) in [6.45, 7) is -0.0157. The molecule has 0 radical (unpaired) electrons. The van der Waals surface area contributed by atoms with Gasteiger partial charge in [0.15, 0.2) is 5.78 Å². The molecule has 5 rings (SSSR count). The highest BCUT2D eigenvalue weighted by atomic mass is 32.2. The zero-order chi connectivity index (χ0) is 23.3. The number of hydrogen-bond donors (Lipinski definition) is 1. The lowest BCUT2D eigenvalue weighted by atomic mass is 9.87. The Morgan fingerprint density at radius 1 is 0.909 bits per heavy atom. The van der Waals surface area contributed by atoms with Crippen LogP contribution in [0.5, 0.6) is 0 Å². The van der Waals surface area contributed by atoms with Crippen molar-refractivity contribution in [3.05, 3.63) is 101 Å². The molecule has 166 valence electrons. The Kier molecular flexibility index (Phi) is 4.86. The fourth-order valence-electron chi connectivity index (χ4n) is 4.07. The van der Waals surface area contributed by atoms with Gasteiger partial charge in [-0.2, -0.15) is 0 Å². The summed E-state index contributed by atoms with van der Waals surface area (Å²) in [5, 5.41) is 3.76. The van der Waals surface area contributed by atoms with Crippen LogP contribution in [-0.2, 0) is 21.2 Å². The molecule has 2 aliphatic heterocycles. The fraction of sp³-hybridized carbons (Fsp3) is 0.0833. The predicted octanol–water partition coefficient (Wildman–Crippen LogP) is 4.05. The molecule has 33 heavy (non-hydrogen) atoms. The van der Waals surface area contributed by atoms with Crippen molar-refractivity contribution < 1.29 is 26.8 Å². The molecule has 0 saturated carbocycles. The Morgan fingerprint density at radius 3 is 2.36 bits per heavy atom. The molecule has 0 fully saturated rings. The first-order valence-electron chi connectivity index (χ1n) is 9.97. The van der Waals surface area contributed by atoms with Crippen LogP contribution < -0.4 is 10.2 Å². The van der Waals surface area contributed by atoms with Gasteiger partial charge in [-0.1, -0.05) is 24.3 Å². The summed E-state index contributed by atoms with van der Waals surface area (Å²) < 4.78 is 53.0. The SMILES string of the molecule is O=C1c2cc(F)ccc2N(Cc2ccc(F)cc2)C(=O)C1C1=CS(=O)(=O)c2ccccc2N1. The zero-order valence-corrected chi connectivity index (χ0v) is 17.8. The van der Waals surface area contributed by atoms with E-state index in [1.165, 1.54) is 47.4 Å². The number of hydrogen-bond acceptors (Lipinski definition) is 5. The van der Waals surface area contributed by atoms with Crippen molar-refractivity contribution in [2.45, 2.75) is 11.4 Å². The van der Waals surface area contributed by atoms with Crippen LogP contribution in [-0.4, -0.2) is 20.1 Å². The predicted molar refractivity (Wildman–Crippen MR) is 117 cm³/mol. The number of anilines is 2. The van der Waals surface area contributed by atoms with Crippen LogP contribution in [0.3, 0.4) is 0 Å². The monoisotopic (exact) mass is 466 g/mol. The first kappa shape index (κ1) is 21.0. The second-order valence-corrected chi connectivity index (χ2v) is 9.51. The molecule has 3 aromatic rings. The highest BCUT2D eigenvalue weighted by Crippen LogP contribution is 2.39. The molecular weight excluding hydrogens is 450 g/mol. The molecule has 0 saturated heterocycles. The van der Waals surface area contributed by atoms with Crippen LogP contribution in [0.1, 0.15) is 15.9 Å². The largest absolute Gasteiger partial charge is 0.356 e. The average molecular weight is 466 g/mol. The van der Waals surface area contributed by atoms with Gasteiger partial charge in [0.1, 0.15) is 17.6 Å². The lowest BCUT2D eigenvalue weighted by Crippen LogP contribution is -2.46. The Hall–Kier alpha value is -3.85. The van der Waals surface area contributed by atoms with E-state index in [-0.39, 0.29) is 34.1 Å². The molecule has 1 amide bonds. The first-order valence-corrected chi connectivity index (χ1v) is 11.5. The van der Waals surface area contributed by atoms with E-state index in [0.717, 1.165) is 17.5 Å². The summed E-state index contributed by atoms with van der Waals surface area (Å²) in [6, 6.07) is 15.1. The van der Waals surface area contributed by atoms with Crippen molar-refractivity contribution >= 4 is 32.9 Å². The maximum atomic E-state index is 14.0. The van der Waals surface area contributed by atoms with Crippen LogP contribution in [0.25, 0.3) is 0 Å². The smallest absolute Gasteiger partial charge is 0.244 e. The summed E-state index contributed by atoms with van der Waals surface area (Å²) in [7, 11) is -3.92. The molecule has 1 unspecified atom stereocenters. The second-order valence-electron chi connectivity index (χ2n) is 7.75. The topological polar surface area (TPSA) is 83.6 Å². The molecule has 1 N–H and O–H groups in total. The van der Waals surface area contributed by atoms with E-state index < -0.39 is 39.1 Å². The second kappa shape index (κ2) is 7.63. The summed E-state index contributed by atoms with van der Waals surface area (Å²) in [5.74, 6) is -4.00. The lowest BCUT2D eigenvalue weighted by molar-refractivity contribution is -0.120. The van der Waals surface area contributed by atoms with Crippen LogP contribution in [0.15, 0.2) is 82.7 Å². The van der Waals surface area contributed by atoms with Crippen molar-refractivity contribution in [3.63, 3.8) is 0 Å². The van der Waals surface area contributed by atoms with Crippen LogP contribution in [0, 0.1) is 17.6 Å². The minimum atomic E-state index is -3.92. The van der Waals surface area contributed by atoms with Crippen molar-refractivity contribution in [2.24, 2.45) is 5.92 Å². The summed E-state index contributed by atoms with van der Waals surface area (Å²) in [4.78, 5) is 28.2. The van der Waals surface area contributed by atoms with Crippen LogP contribution in [0.4, 0.5) is 20.2 Å². The van der Waals surface area contributed by atoms with Crippen LogP contribution >= 0.6 is 0 Å². The number of halogens is 2. The van der Waals surface area contributed by atoms with Gasteiger partial charge in [-0.05, 0) is 48.0 Å². The van der Waals surface area contributed by atoms with Gasteiger partial charge in [0.2, 0.25) is 15.7 Å². The number of nitrogens with one attached hydrogen (secondary N) is 1. The van der Waals surface area contributed by atoms with Crippen LogP contribution in [0.2, 0.25) is 0 Å². The van der Waals surface area contributed by atoms with Gasteiger partial charge in [0.25, 0.3) is 0 Å². The zero-order valence-electron chi connectivity index (χ0n) is 17.0. The fourth-order valence-corrected chi connectivity index (χ4v) is 5.42. The summed E-state index contributed by atoms with van der Waals surface area (Å²) >= 11 is 0. The third-order valence-corrected chi connectivity index (χ3v) is 7.14. The minimum Gasteiger partial charge on any atom is -0.356 e. The number of fused-ring (bicyclic) bond motifs is 2. The third-order valence-electron chi connectivity index (χ3n) is 5.61. The van der Waals surface area contributed by atoms with Crippen molar-refractivity contribution in [1.29, 1.82) is 0 Å². The number of carbonyl (C=O) groups excluding carboxylic acids is 2. The molecule has 1 atom stereocenters. The lowest BCUT2D eigenvalue weighted by Gasteiger charge is -2.35. The van der Waals surface area contributed by atoms with Gasteiger partial charge in [0.05, 0.1) is 28.2 Å². The molecule has 0 bridgehead atoms. The molecule has 2 aliphatic rings. The van der Waals surface area contributed by atoms with Gasteiger partial charge in [0, 0.05) is 11.3 Å². The number of carbonyl (C=O) groups is 2. The molecule has 3 aromatic carbocycles. The van der Waals surface area contributed by atoms with E-state index in [1.54, 1.807) is 12.1 Å². The Bertz CT molecular complexity index is 1450. The van der Waals surface area contributed by atoms with E-state index in [0.29, 0.717) is 5.56 Å². The number of nitrogens with zero attached hydrogens (tertiary/aromatic N) is 1. The number of Topliss-reactive ketones (excluding diaryl/α,β-unsaturated/α-hetero) is 1. The normalized spacial score (nSPS) is 18.8. The quantitative estimate of drug-likeness (QED) is 0.589. The Labute approximate surface area is 188 Å². The van der Waals surface area contributed by atoms with Crippen molar-refractivity contribution in [1.82, 2.24) is 0 Å². The van der Waals surface area contributed by atoms with Gasteiger partial charge in [-0.3, -0.25) is 9.59 Å². The highest BCUT2D eigenvalue weighted by Gasteiger charge is 2.43. The van der Waals surface area contributed by atoms with E-state index in [2.05, 4.69) is 5.32 Å². The maximum absolute atomic E-state index is 14.0.